The van der Waals surface area contributed by atoms with Crippen LogP contribution in [-0.2, 0) is 10.8 Å². The Morgan fingerprint density at radius 2 is 0.708 bits per heavy atom. The van der Waals surface area contributed by atoms with Crippen molar-refractivity contribution in [3.63, 3.8) is 0 Å². The van der Waals surface area contributed by atoms with E-state index in [1.54, 1.807) is 0 Å². The summed E-state index contributed by atoms with van der Waals surface area (Å²) in [5.74, 6) is 0. The van der Waals surface area contributed by atoms with Crippen molar-refractivity contribution in [3.05, 3.63) is 235 Å². The predicted molar refractivity (Wildman–Crippen MR) is 277 cm³/mol. The van der Waals surface area contributed by atoms with Gasteiger partial charge in [0.1, 0.15) is 0 Å². The second-order valence-corrected chi connectivity index (χ2v) is 19.2. The maximum absolute atomic E-state index is 2.48. The molecule has 0 N–H and O–H groups in total. The molecule has 65 heavy (non-hydrogen) atoms. The summed E-state index contributed by atoms with van der Waals surface area (Å²) in [7, 11) is 0. The highest BCUT2D eigenvalue weighted by Crippen LogP contribution is 2.54. The second-order valence-electron chi connectivity index (χ2n) is 19.2. The third-order valence-electron chi connectivity index (χ3n) is 15.1. The molecule has 0 spiro atoms. The summed E-state index contributed by atoms with van der Waals surface area (Å²) >= 11 is 0. The zero-order valence-corrected chi connectivity index (χ0v) is 37.2. The van der Waals surface area contributed by atoms with E-state index < -0.39 is 0 Å². The van der Waals surface area contributed by atoms with Gasteiger partial charge in [-0.3, -0.25) is 0 Å². The molecule has 1 nitrogen and oxygen atoms in total. The zero-order chi connectivity index (χ0) is 43.6. The molecule has 0 saturated heterocycles. The van der Waals surface area contributed by atoms with Crippen molar-refractivity contribution in [1.82, 2.24) is 0 Å². The number of benzene rings is 11. The van der Waals surface area contributed by atoms with Crippen molar-refractivity contribution in [1.29, 1.82) is 0 Å². The molecule has 11 aromatic carbocycles. The Labute approximate surface area is 380 Å². The Bertz CT molecular complexity index is 3620. The number of nitrogens with zero attached hydrogens (tertiary/aromatic N) is 1. The van der Waals surface area contributed by atoms with Gasteiger partial charge in [0, 0.05) is 27.9 Å². The van der Waals surface area contributed by atoms with Crippen molar-refractivity contribution >= 4 is 60.2 Å². The maximum Gasteiger partial charge on any atom is 0.0465 e. The Kier molecular flexibility index (Phi) is 8.07. The SMILES string of the molecule is CC1(C)c2ccccc2-c2ccc(N(c3ccc(-c4ccc5c6ccccc6c6ccccc6c5c4-c4cccc5ccccc45)cc3)c3ccc4c(c3)C(C)(C)c3ccccc3-4)cc21. The Balaban J connectivity index is 1.03. The van der Waals surface area contributed by atoms with Gasteiger partial charge in [-0.25, -0.2) is 0 Å². The lowest BCUT2D eigenvalue weighted by Gasteiger charge is -2.30. The van der Waals surface area contributed by atoms with Gasteiger partial charge in [0.15, 0.2) is 0 Å². The molecule has 308 valence electrons. The summed E-state index contributed by atoms with van der Waals surface area (Å²) < 4.78 is 0. The van der Waals surface area contributed by atoms with Gasteiger partial charge in [0.25, 0.3) is 0 Å². The van der Waals surface area contributed by atoms with Gasteiger partial charge in [-0.2, -0.15) is 0 Å². The summed E-state index contributed by atoms with van der Waals surface area (Å²) in [6, 6.07) is 79.7. The summed E-state index contributed by atoms with van der Waals surface area (Å²) in [5, 5.41) is 10.2. The van der Waals surface area contributed by atoms with E-state index in [1.165, 1.54) is 110 Å². The van der Waals surface area contributed by atoms with Crippen molar-refractivity contribution in [2.45, 2.75) is 38.5 Å². The normalized spacial score (nSPS) is 14.1. The molecule has 2 aliphatic carbocycles. The number of anilines is 3. The van der Waals surface area contributed by atoms with Crippen LogP contribution < -0.4 is 4.90 Å². The van der Waals surface area contributed by atoms with E-state index in [9.17, 15) is 0 Å². The highest BCUT2D eigenvalue weighted by atomic mass is 15.1. The van der Waals surface area contributed by atoms with E-state index in [4.69, 9.17) is 0 Å². The molecular weight excluding hydrogens is 783 g/mol. The molecule has 13 rings (SSSR count). The van der Waals surface area contributed by atoms with E-state index in [-0.39, 0.29) is 10.8 Å². The van der Waals surface area contributed by atoms with Crippen molar-refractivity contribution < 1.29 is 0 Å². The van der Waals surface area contributed by atoms with Crippen LogP contribution in [-0.4, -0.2) is 0 Å². The molecular formula is C64H47N. The van der Waals surface area contributed by atoms with E-state index in [0.717, 1.165) is 17.1 Å². The topological polar surface area (TPSA) is 3.24 Å². The zero-order valence-electron chi connectivity index (χ0n) is 37.2. The summed E-state index contributed by atoms with van der Waals surface area (Å²) in [6.07, 6.45) is 0. The lowest BCUT2D eigenvalue weighted by molar-refractivity contribution is 0.660. The molecule has 1 heteroatoms. The smallest absolute Gasteiger partial charge is 0.0465 e. The highest BCUT2D eigenvalue weighted by molar-refractivity contribution is 6.30. The Morgan fingerprint density at radius 1 is 0.292 bits per heavy atom. The highest BCUT2D eigenvalue weighted by Gasteiger charge is 2.38. The van der Waals surface area contributed by atoms with Crippen LogP contribution in [0, 0.1) is 0 Å². The maximum atomic E-state index is 2.48. The Hall–Kier alpha value is -7.74. The quantitative estimate of drug-likeness (QED) is 0.156. The molecule has 0 saturated carbocycles. The van der Waals surface area contributed by atoms with E-state index in [0.29, 0.717) is 0 Å². The van der Waals surface area contributed by atoms with Crippen LogP contribution in [0.1, 0.15) is 49.9 Å². The molecule has 0 aliphatic heterocycles. The van der Waals surface area contributed by atoms with Crippen LogP contribution in [0.3, 0.4) is 0 Å². The molecule has 0 aromatic heterocycles. The number of hydrogen-bond donors (Lipinski definition) is 0. The number of rotatable bonds is 5. The lowest BCUT2D eigenvalue weighted by atomic mass is 9.82. The summed E-state index contributed by atoms with van der Waals surface area (Å²) in [5.41, 5.74) is 19.0. The minimum atomic E-state index is -0.122. The predicted octanol–water partition coefficient (Wildman–Crippen LogP) is 17.7. The molecule has 0 unspecified atom stereocenters. The van der Waals surface area contributed by atoms with Gasteiger partial charge in [-0.15, -0.1) is 0 Å². The molecule has 2 aliphatic rings. The first-order valence-corrected chi connectivity index (χ1v) is 23.0. The van der Waals surface area contributed by atoms with Crippen LogP contribution in [0.25, 0.3) is 87.6 Å². The molecule has 0 radical (unpaired) electrons. The Morgan fingerprint density at radius 3 is 1.31 bits per heavy atom. The molecule has 0 amide bonds. The van der Waals surface area contributed by atoms with Crippen LogP contribution >= 0.6 is 0 Å². The largest absolute Gasteiger partial charge is 0.310 e. The van der Waals surface area contributed by atoms with Crippen molar-refractivity contribution in [2.24, 2.45) is 0 Å². The molecule has 0 heterocycles. The minimum Gasteiger partial charge on any atom is -0.310 e. The molecule has 0 bridgehead atoms. The molecule has 0 fully saturated rings. The third kappa shape index (κ3) is 5.45. The fourth-order valence-corrected chi connectivity index (χ4v) is 11.9. The van der Waals surface area contributed by atoms with Gasteiger partial charge in [0.05, 0.1) is 0 Å². The minimum absolute atomic E-state index is 0.122. The van der Waals surface area contributed by atoms with Crippen LogP contribution in [0.4, 0.5) is 17.1 Å². The van der Waals surface area contributed by atoms with Crippen LogP contribution in [0.15, 0.2) is 212 Å². The van der Waals surface area contributed by atoms with E-state index in [2.05, 4.69) is 245 Å². The van der Waals surface area contributed by atoms with Gasteiger partial charge >= 0.3 is 0 Å². The standard InChI is InChI=1S/C64H47N/c1-63(2)57-26-13-11-22-50(57)52-34-32-43(38-59(52)63)65(44-33-35-53-51-23-12-14-27-58(51)64(3,4)60(53)39-44)42-30-28-41(29-31-42)46-36-37-56-49-21-8-7-19-47(49)48-20-9-10-24-55(48)62(56)61(46)54-25-15-17-40-16-5-6-18-45(40)54/h5-39H,1-4H3. The van der Waals surface area contributed by atoms with Gasteiger partial charge in [-0.1, -0.05) is 204 Å². The first kappa shape index (κ1) is 37.8. The van der Waals surface area contributed by atoms with Crippen LogP contribution in [0.5, 0.6) is 0 Å². The fourth-order valence-electron chi connectivity index (χ4n) is 11.9. The first-order chi connectivity index (χ1) is 31.8. The average Bonchev–Trinajstić information content (AvgIpc) is 3.72. The van der Waals surface area contributed by atoms with E-state index >= 15 is 0 Å². The van der Waals surface area contributed by atoms with E-state index in [1.807, 2.05) is 0 Å². The lowest BCUT2D eigenvalue weighted by Crippen LogP contribution is -2.18. The van der Waals surface area contributed by atoms with Gasteiger partial charge < -0.3 is 4.90 Å². The monoisotopic (exact) mass is 829 g/mol. The number of hydrogen-bond acceptors (Lipinski definition) is 1. The number of fused-ring (bicyclic) bond motifs is 13. The summed E-state index contributed by atoms with van der Waals surface area (Å²) in [4.78, 5) is 2.48. The molecule has 11 aromatic rings. The van der Waals surface area contributed by atoms with Crippen LogP contribution in [0.2, 0.25) is 0 Å². The molecule has 0 atom stereocenters. The summed E-state index contributed by atoms with van der Waals surface area (Å²) in [6.45, 7) is 9.50. The average molecular weight is 830 g/mol. The van der Waals surface area contributed by atoms with Crippen molar-refractivity contribution in [3.8, 4) is 44.5 Å². The first-order valence-electron chi connectivity index (χ1n) is 23.0. The third-order valence-corrected chi connectivity index (χ3v) is 15.1. The van der Waals surface area contributed by atoms with Gasteiger partial charge in [-0.05, 0) is 146 Å². The second kappa shape index (κ2) is 13.9. The fraction of sp³-hybridized carbons (Fsp3) is 0.0938. The van der Waals surface area contributed by atoms with Gasteiger partial charge in [0.2, 0.25) is 0 Å². The van der Waals surface area contributed by atoms with Crippen molar-refractivity contribution in [2.75, 3.05) is 4.90 Å².